The van der Waals surface area contributed by atoms with Crippen molar-refractivity contribution in [3.05, 3.63) is 76.1 Å². The second kappa shape index (κ2) is 12.9. The number of hydrogen-bond donors (Lipinski definition) is 1. The lowest BCUT2D eigenvalue weighted by Gasteiger charge is -2.37. The van der Waals surface area contributed by atoms with Crippen LogP contribution >= 0.6 is 0 Å². The smallest absolute Gasteiger partial charge is 0.336 e. The summed E-state index contributed by atoms with van der Waals surface area (Å²) in [6, 6.07) is 13.5. The molecule has 4 rings (SSSR count). The number of ketones is 1. The number of rotatable bonds is 11. The van der Waals surface area contributed by atoms with Crippen LogP contribution in [-0.4, -0.2) is 39.2 Å². The van der Waals surface area contributed by atoms with E-state index >= 15 is 0 Å². The van der Waals surface area contributed by atoms with Crippen molar-refractivity contribution in [2.45, 2.75) is 64.7 Å². The molecule has 0 bridgehead atoms. The monoisotopic (exact) mass is 533 g/mol. The van der Waals surface area contributed by atoms with Crippen molar-refractivity contribution in [3.8, 4) is 17.2 Å². The first-order chi connectivity index (χ1) is 18.9. The average Bonchev–Trinajstić information content (AvgIpc) is 2.95. The topological polar surface area (TPSA) is 83.1 Å². The summed E-state index contributed by atoms with van der Waals surface area (Å²) >= 11 is 0. The highest BCUT2D eigenvalue weighted by Gasteiger charge is 2.42. The Hall–Kier alpha value is -3.74. The molecule has 1 N–H and O–H groups in total. The van der Waals surface area contributed by atoms with Crippen molar-refractivity contribution < 1.29 is 28.5 Å². The highest BCUT2D eigenvalue weighted by molar-refractivity contribution is 6.04. The van der Waals surface area contributed by atoms with Gasteiger partial charge in [0.05, 0.1) is 38.9 Å². The van der Waals surface area contributed by atoms with Crippen LogP contribution in [0.4, 0.5) is 0 Å². The quantitative estimate of drug-likeness (QED) is 0.272. The molecule has 7 heteroatoms. The number of hydrogen-bond acceptors (Lipinski definition) is 7. The number of benzene rings is 2. The maximum absolute atomic E-state index is 14.0. The SMILES string of the molecule is CCCCOc1ccccc1[C@@H]1C(C(=O)OCCC)=C(C)NC2=C1C(=O)C[C@@H](c1ccc(OC)c(OC)c1)C2. The highest BCUT2D eigenvalue weighted by Crippen LogP contribution is 2.48. The molecule has 2 atom stereocenters. The van der Waals surface area contributed by atoms with E-state index in [0.29, 0.717) is 66.6 Å². The summed E-state index contributed by atoms with van der Waals surface area (Å²) in [5, 5.41) is 3.42. The predicted octanol–water partition coefficient (Wildman–Crippen LogP) is 6.20. The molecule has 39 heavy (non-hydrogen) atoms. The van der Waals surface area contributed by atoms with Crippen LogP contribution in [0.1, 0.15) is 75.8 Å². The van der Waals surface area contributed by atoms with Crippen LogP contribution in [0.5, 0.6) is 17.2 Å². The molecule has 208 valence electrons. The Bertz CT molecular complexity index is 1280. The first-order valence-corrected chi connectivity index (χ1v) is 13.8. The van der Waals surface area contributed by atoms with Crippen LogP contribution in [-0.2, 0) is 14.3 Å². The zero-order valence-electron chi connectivity index (χ0n) is 23.6. The molecule has 0 fully saturated rings. The molecule has 0 aromatic heterocycles. The van der Waals surface area contributed by atoms with Crippen LogP contribution in [0.25, 0.3) is 0 Å². The summed E-state index contributed by atoms with van der Waals surface area (Å²) in [4.78, 5) is 27.4. The Kier molecular flexibility index (Phi) is 9.33. The highest BCUT2D eigenvalue weighted by atomic mass is 16.5. The molecule has 2 aromatic carbocycles. The first-order valence-electron chi connectivity index (χ1n) is 13.8. The minimum absolute atomic E-state index is 0.00480. The Balaban J connectivity index is 1.78. The van der Waals surface area contributed by atoms with E-state index in [9.17, 15) is 9.59 Å². The normalized spacial score (nSPS) is 18.8. The molecule has 0 amide bonds. The van der Waals surface area contributed by atoms with Gasteiger partial charge >= 0.3 is 5.97 Å². The fraction of sp³-hybridized carbons (Fsp3) is 0.438. The first kappa shape index (κ1) is 28.3. The van der Waals surface area contributed by atoms with Gasteiger partial charge < -0.3 is 24.3 Å². The molecule has 0 spiro atoms. The molecule has 2 aromatic rings. The number of carbonyl (C=O) groups excluding carboxylic acids is 2. The van der Waals surface area contributed by atoms with Crippen LogP contribution in [0.3, 0.4) is 0 Å². The summed E-state index contributed by atoms with van der Waals surface area (Å²) in [5.41, 5.74) is 4.43. The summed E-state index contributed by atoms with van der Waals surface area (Å²) < 4.78 is 22.7. The Morgan fingerprint density at radius 2 is 1.72 bits per heavy atom. The van der Waals surface area contributed by atoms with Gasteiger partial charge in [-0.05, 0) is 55.9 Å². The fourth-order valence-corrected chi connectivity index (χ4v) is 5.41. The van der Waals surface area contributed by atoms with Gasteiger partial charge in [-0.15, -0.1) is 0 Å². The number of nitrogens with one attached hydrogen (secondary N) is 1. The van der Waals surface area contributed by atoms with E-state index in [1.165, 1.54) is 0 Å². The van der Waals surface area contributed by atoms with Gasteiger partial charge in [0.2, 0.25) is 0 Å². The summed E-state index contributed by atoms with van der Waals surface area (Å²) in [5.74, 6) is 0.957. The van der Waals surface area contributed by atoms with E-state index < -0.39 is 11.9 Å². The van der Waals surface area contributed by atoms with Gasteiger partial charge in [0.15, 0.2) is 17.3 Å². The van der Waals surface area contributed by atoms with E-state index in [2.05, 4.69) is 12.2 Å². The molecule has 2 aliphatic rings. The van der Waals surface area contributed by atoms with E-state index in [0.717, 1.165) is 29.7 Å². The molecule has 0 unspecified atom stereocenters. The number of allylic oxidation sites excluding steroid dienone is 3. The summed E-state index contributed by atoms with van der Waals surface area (Å²) in [7, 11) is 3.21. The van der Waals surface area contributed by atoms with Gasteiger partial charge in [0, 0.05) is 29.0 Å². The third kappa shape index (κ3) is 5.97. The van der Waals surface area contributed by atoms with Crippen LogP contribution in [0.2, 0.25) is 0 Å². The maximum atomic E-state index is 14.0. The van der Waals surface area contributed by atoms with Crippen molar-refractivity contribution in [3.63, 3.8) is 0 Å². The van der Waals surface area contributed by atoms with E-state index in [-0.39, 0.29) is 11.7 Å². The maximum Gasteiger partial charge on any atom is 0.336 e. The van der Waals surface area contributed by atoms with Gasteiger partial charge in [-0.2, -0.15) is 0 Å². The lowest BCUT2D eigenvalue weighted by Crippen LogP contribution is -2.36. The van der Waals surface area contributed by atoms with Crippen molar-refractivity contribution in [2.24, 2.45) is 0 Å². The molecule has 0 radical (unpaired) electrons. The molecule has 0 saturated heterocycles. The number of methoxy groups -OCH3 is 2. The second-order valence-corrected chi connectivity index (χ2v) is 10.0. The second-order valence-electron chi connectivity index (χ2n) is 10.0. The largest absolute Gasteiger partial charge is 0.493 e. The average molecular weight is 534 g/mol. The number of ether oxygens (including phenoxy) is 4. The molecule has 1 aliphatic carbocycles. The number of para-hydroxylation sites is 1. The Morgan fingerprint density at radius 1 is 0.949 bits per heavy atom. The number of dihydropyridines is 1. The standard InChI is InChI=1S/C32H39NO6/c1-6-8-16-38-26-12-10-9-11-23(26)30-29(32(35)39-15-7-2)20(3)33-24-17-22(18-25(34)31(24)30)21-13-14-27(36-4)28(19-21)37-5/h9-14,19,22,30,33H,6-8,15-18H2,1-5H3/t22-,30+/m0/s1. The van der Waals surface area contributed by atoms with Crippen LogP contribution < -0.4 is 19.5 Å². The summed E-state index contributed by atoms with van der Waals surface area (Å²) in [6.45, 7) is 6.84. The van der Waals surface area contributed by atoms with Gasteiger partial charge in [-0.3, -0.25) is 4.79 Å². The third-order valence-corrected chi connectivity index (χ3v) is 7.35. The third-order valence-electron chi connectivity index (χ3n) is 7.35. The van der Waals surface area contributed by atoms with Crippen LogP contribution in [0.15, 0.2) is 65.0 Å². The molecular weight excluding hydrogens is 494 g/mol. The minimum Gasteiger partial charge on any atom is -0.493 e. The van der Waals surface area contributed by atoms with Crippen molar-refractivity contribution in [1.82, 2.24) is 5.32 Å². The zero-order chi connectivity index (χ0) is 27.9. The molecular formula is C32H39NO6. The van der Waals surface area contributed by atoms with Crippen molar-refractivity contribution in [2.75, 3.05) is 27.4 Å². The van der Waals surface area contributed by atoms with Crippen molar-refractivity contribution >= 4 is 11.8 Å². The number of esters is 1. The molecule has 7 nitrogen and oxygen atoms in total. The number of Topliss-reactive ketones (excluding diaryl/α,β-unsaturated/α-hetero) is 1. The van der Waals surface area contributed by atoms with Crippen molar-refractivity contribution in [1.29, 1.82) is 0 Å². The van der Waals surface area contributed by atoms with Crippen LogP contribution in [0, 0.1) is 0 Å². The van der Waals surface area contributed by atoms with Gasteiger partial charge in [0.1, 0.15) is 5.75 Å². The Labute approximate surface area is 231 Å². The Morgan fingerprint density at radius 3 is 2.44 bits per heavy atom. The number of carbonyl (C=O) groups is 2. The number of unbranched alkanes of at least 4 members (excludes halogenated alkanes) is 1. The van der Waals surface area contributed by atoms with E-state index in [1.54, 1.807) is 14.2 Å². The lowest BCUT2D eigenvalue weighted by molar-refractivity contribution is -0.139. The van der Waals surface area contributed by atoms with Gasteiger partial charge in [0.25, 0.3) is 0 Å². The van der Waals surface area contributed by atoms with Gasteiger partial charge in [-0.25, -0.2) is 4.79 Å². The fourth-order valence-electron chi connectivity index (χ4n) is 5.41. The molecule has 1 heterocycles. The molecule has 0 saturated carbocycles. The molecule has 1 aliphatic heterocycles. The lowest BCUT2D eigenvalue weighted by atomic mass is 9.71. The van der Waals surface area contributed by atoms with E-state index in [4.69, 9.17) is 18.9 Å². The van der Waals surface area contributed by atoms with E-state index in [1.807, 2.05) is 56.3 Å². The van der Waals surface area contributed by atoms with Gasteiger partial charge in [-0.1, -0.05) is 44.5 Å². The zero-order valence-corrected chi connectivity index (χ0v) is 23.6. The minimum atomic E-state index is -0.567. The predicted molar refractivity (Wildman–Crippen MR) is 150 cm³/mol. The summed E-state index contributed by atoms with van der Waals surface area (Å²) in [6.07, 6.45) is 3.59.